The molecule has 1 rings (SSSR count). The van der Waals surface area contributed by atoms with Crippen molar-refractivity contribution in [1.29, 1.82) is 0 Å². The van der Waals surface area contributed by atoms with E-state index in [0.717, 1.165) is 6.29 Å². The number of aliphatic hydroxyl groups is 1. The lowest BCUT2D eigenvalue weighted by molar-refractivity contribution is -0.130. The lowest BCUT2D eigenvalue weighted by atomic mass is 10.2. The molecule has 1 N–H and O–H groups in total. The quantitative estimate of drug-likeness (QED) is 0.387. The Balaban J connectivity index is 0.000000631. The van der Waals surface area contributed by atoms with Crippen LogP contribution in [-0.4, -0.2) is 23.5 Å². The first kappa shape index (κ1) is 16.1. The predicted molar refractivity (Wildman–Crippen MR) is 69.6 cm³/mol. The van der Waals surface area contributed by atoms with Gasteiger partial charge in [0, 0.05) is 17.2 Å². The highest BCUT2D eigenvalue weighted by molar-refractivity contribution is 5.88. The van der Waals surface area contributed by atoms with Crippen LogP contribution >= 0.6 is 0 Å². The number of aliphatic hydroxyl groups excluding tert-OH is 1. The molecule has 0 heterocycles. The SMILES string of the molecule is C=C(C)C(=O)Oc1ccc(C=O)cc1.CC(C)O. The number of esters is 1. The lowest BCUT2D eigenvalue weighted by Gasteiger charge is -2.02. The van der Waals surface area contributed by atoms with Gasteiger partial charge in [0.1, 0.15) is 12.0 Å². The van der Waals surface area contributed by atoms with E-state index < -0.39 is 5.97 Å². The van der Waals surface area contributed by atoms with E-state index in [1.54, 1.807) is 45.0 Å². The van der Waals surface area contributed by atoms with E-state index in [2.05, 4.69) is 6.58 Å². The number of hydrogen-bond donors (Lipinski definition) is 1. The first-order chi connectivity index (χ1) is 8.36. The van der Waals surface area contributed by atoms with Crippen LogP contribution in [0.5, 0.6) is 5.75 Å². The summed E-state index contributed by atoms with van der Waals surface area (Å²) in [6, 6.07) is 6.28. The normalized spacial score (nSPS) is 9.17. The van der Waals surface area contributed by atoms with Crippen molar-refractivity contribution in [3.63, 3.8) is 0 Å². The van der Waals surface area contributed by atoms with Crippen molar-refractivity contribution in [1.82, 2.24) is 0 Å². The summed E-state index contributed by atoms with van der Waals surface area (Å²) in [7, 11) is 0. The van der Waals surface area contributed by atoms with Crippen molar-refractivity contribution in [3.8, 4) is 5.75 Å². The Hall–Kier alpha value is -1.94. The molecule has 0 atom stereocenters. The van der Waals surface area contributed by atoms with Gasteiger partial charge in [-0.2, -0.15) is 0 Å². The molecule has 0 bridgehead atoms. The fraction of sp³-hybridized carbons (Fsp3) is 0.286. The first-order valence-electron chi connectivity index (χ1n) is 5.47. The molecule has 4 nitrogen and oxygen atoms in total. The van der Waals surface area contributed by atoms with Crippen molar-refractivity contribution in [2.45, 2.75) is 26.9 Å². The van der Waals surface area contributed by atoms with Crippen LogP contribution in [0, 0.1) is 0 Å². The van der Waals surface area contributed by atoms with Gasteiger partial charge < -0.3 is 9.84 Å². The van der Waals surface area contributed by atoms with Gasteiger partial charge in [-0.25, -0.2) is 4.79 Å². The number of aldehydes is 1. The fourth-order valence-electron chi connectivity index (χ4n) is 0.809. The molecule has 0 saturated heterocycles. The smallest absolute Gasteiger partial charge is 0.338 e. The van der Waals surface area contributed by atoms with Crippen LogP contribution in [0.2, 0.25) is 0 Å². The van der Waals surface area contributed by atoms with Crippen LogP contribution in [0.15, 0.2) is 36.4 Å². The van der Waals surface area contributed by atoms with Gasteiger partial charge in [-0.15, -0.1) is 0 Å². The van der Waals surface area contributed by atoms with Crippen LogP contribution in [-0.2, 0) is 4.79 Å². The van der Waals surface area contributed by atoms with Gasteiger partial charge in [0.25, 0.3) is 0 Å². The standard InChI is InChI=1S/C11H10O3.C3H8O/c1-8(2)11(13)14-10-5-3-9(7-12)4-6-10;1-3(2)4/h3-7H,1H2,2H3;3-4H,1-2H3. The van der Waals surface area contributed by atoms with E-state index in [1.807, 2.05) is 0 Å². The molecule has 0 aliphatic carbocycles. The molecule has 0 fully saturated rings. The second-order valence-corrected chi connectivity index (χ2v) is 3.95. The summed E-state index contributed by atoms with van der Waals surface area (Å²) >= 11 is 0. The fourth-order valence-corrected chi connectivity index (χ4v) is 0.809. The Kier molecular flexibility index (Phi) is 7.31. The van der Waals surface area contributed by atoms with Gasteiger partial charge in [0.15, 0.2) is 0 Å². The third-order valence-electron chi connectivity index (χ3n) is 1.58. The summed E-state index contributed by atoms with van der Waals surface area (Å²) in [6.45, 7) is 8.47. The van der Waals surface area contributed by atoms with E-state index in [0.29, 0.717) is 16.9 Å². The number of ether oxygens (including phenoxy) is 1. The molecule has 1 aromatic carbocycles. The van der Waals surface area contributed by atoms with Gasteiger partial charge in [-0.05, 0) is 45.0 Å². The molecular formula is C14H18O4. The minimum atomic E-state index is -0.469. The van der Waals surface area contributed by atoms with Crippen LogP contribution in [0.3, 0.4) is 0 Å². The highest BCUT2D eigenvalue weighted by Gasteiger charge is 2.04. The topological polar surface area (TPSA) is 63.6 Å². The van der Waals surface area contributed by atoms with Crippen LogP contribution < -0.4 is 4.74 Å². The van der Waals surface area contributed by atoms with Crippen molar-refractivity contribution in [3.05, 3.63) is 42.0 Å². The average molecular weight is 250 g/mol. The average Bonchev–Trinajstić information content (AvgIpc) is 2.29. The summed E-state index contributed by atoms with van der Waals surface area (Å²) in [5.74, 6) is -0.0625. The number of rotatable bonds is 3. The van der Waals surface area contributed by atoms with Crippen LogP contribution in [0.1, 0.15) is 31.1 Å². The van der Waals surface area contributed by atoms with Crippen LogP contribution in [0.25, 0.3) is 0 Å². The lowest BCUT2D eigenvalue weighted by Crippen LogP contribution is -2.07. The summed E-state index contributed by atoms with van der Waals surface area (Å²) in [5, 5.41) is 8.06. The molecule has 0 aliphatic heterocycles. The minimum Gasteiger partial charge on any atom is -0.423 e. The Morgan fingerprint density at radius 2 is 1.78 bits per heavy atom. The zero-order chi connectivity index (χ0) is 14.1. The van der Waals surface area contributed by atoms with E-state index in [-0.39, 0.29) is 6.10 Å². The van der Waals surface area contributed by atoms with E-state index in [1.165, 1.54) is 0 Å². The molecule has 0 saturated carbocycles. The maximum absolute atomic E-state index is 11.1. The van der Waals surface area contributed by atoms with Gasteiger partial charge in [-0.3, -0.25) is 4.79 Å². The molecule has 0 amide bonds. The second kappa shape index (κ2) is 8.20. The third kappa shape index (κ3) is 7.35. The zero-order valence-corrected chi connectivity index (χ0v) is 10.8. The Morgan fingerprint density at radius 3 is 2.11 bits per heavy atom. The molecule has 4 heteroatoms. The Bertz CT molecular complexity index is 402. The second-order valence-electron chi connectivity index (χ2n) is 3.95. The van der Waals surface area contributed by atoms with Gasteiger partial charge in [-0.1, -0.05) is 6.58 Å². The molecular weight excluding hydrogens is 232 g/mol. The van der Waals surface area contributed by atoms with Crippen LogP contribution in [0.4, 0.5) is 0 Å². The van der Waals surface area contributed by atoms with Crippen molar-refractivity contribution in [2.75, 3.05) is 0 Å². The largest absolute Gasteiger partial charge is 0.423 e. The van der Waals surface area contributed by atoms with Gasteiger partial charge in [0.05, 0.1) is 0 Å². The van der Waals surface area contributed by atoms with Gasteiger partial charge >= 0.3 is 5.97 Å². The summed E-state index contributed by atoms with van der Waals surface area (Å²) in [4.78, 5) is 21.4. The number of carbonyl (C=O) groups is 2. The number of benzene rings is 1. The highest BCUT2D eigenvalue weighted by atomic mass is 16.5. The number of hydrogen-bond acceptors (Lipinski definition) is 4. The summed E-state index contributed by atoms with van der Waals surface area (Å²) in [5.41, 5.74) is 0.879. The summed E-state index contributed by atoms with van der Waals surface area (Å²) < 4.78 is 4.92. The molecule has 98 valence electrons. The summed E-state index contributed by atoms with van der Waals surface area (Å²) in [6.07, 6.45) is 0.560. The van der Waals surface area contributed by atoms with E-state index in [4.69, 9.17) is 9.84 Å². The molecule has 0 unspecified atom stereocenters. The maximum atomic E-state index is 11.1. The number of carbonyl (C=O) groups excluding carboxylic acids is 2. The third-order valence-corrected chi connectivity index (χ3v) is 1.58. The van der Waals surface area contributed by atoms with E-state index in [9.17, 15) is 9.59 Å². The van der Waals surface area contributed by atoms with Gasteiger partial charge in [0.2, 0.25) is 0 Å². The first-order valence-corrected chi connectivity index (χ1v) is 5.47. The van der Waals surface area contributed by atoms with Crippen molar-refractivity contribution < 1.29 is 19.4 Å². The molecule has 1 aromatic rings. The highest BCUT2D eigenvalue weighted by Crippen LogP contribution is 2.12. The predicted octanol–water partition coefficient (Wildman–Crippen LogP) is 2.37. The zero-order valence-electron chi connectivity index (χ0n) is 10.8. The van der Waals surface area contributed by atoms with Crippen molar-refractivity contribution in [2.24, 2.45) is 0 Å². The maximum Gasteiger partial charge on any atom is 0.338 e. The minimum absolute atomic E-state index is 0.167. The van der Waals surface area contributed by atoms with E-state index >= 15 is 0 Å². The molecule has 0 aromatic heterocycles. The molecule has 0 spiro atoms. The van der Waals surface area contributed by atoms with Crippen molar-refractivity contribution >= 4 is 12.3 Å². The molecule has 0 aliphatic rings. The Morgan fingerprint density at radius 1 is 1.33 bits per heavy atom. The Labute approximate surface area is 107 Å². The molecule has 0 radical (unpaired) electrons. The monoisotopic (exact) mass is 250 g/mol. The molecule has 18 heavy (non-hydrogen) atoms.